The van der Waals surface area contributed by atoms with Gasteiger partial charge in [0.25, 0.3) is 0 Å². The number of hydrogen-bond acceptors (Lipinski definition) is 3. The predicted molar refractivity (Wildman–Crippen MR) is 164 cm³/mol. The summed E-state index contributed by atoms with van der Waals surface area (Å²) in [5, 5.41) is 6.64. The number of nitrogens with zero attached hydrogens (tertiary/aromatic N) is 3. The van der Waals surface area contributed by atoms with Crippen molar-refractivity contribution in [3.63, 3.8) is 0 Å². The van der Waals surface area contributed by atoms with Crippen molar-refractivity contribution in [1.29, 1.82) is 0 Å². The van der Waals surface area contributed by atoms with Crippen LogP contribution in [0, 0.1) is 0 Å². The van der Waals surface area contributed by atoms with Crippen molar-refractivity contribution in [1.82, 2.24) is 14.9 Å². The molecule has 2 aromatic heterocycles. The van der Waals surface area contributed by atoms with Crippen molar-refractivity contribution in [3.05, 3.63) is 151 Å². The van der Waals surface area contributed by atoms with Gasteiger partial charge in [0.05, 0.1) is 11.7 Å². The van der Waals surface area contributed by atoms with Gasteiger partial charge in [0.15, 0.2) is 5.11 Å². The molecule has 3 heterocycles. The van der Waals surface area contributed by atoms with Gasteiger partial charge in [0.2, 0.25) is 0 Å². The van der Waals surface area contributed by atoms with Gasteiger partial charge in [-0.25, -0.2) is 0 Å². The lowest BCUT2D eigenvalue weighted by molar-refractivity contribution is 0.482. The van der Waals surface area contributed by atoms with E-state index in [0.29, 0.717) is 5.11 Å². The van der Waals surface area contributed by atoms with Crippen LogP contribution in [0.2, 0.25) is 0 Å². The maximum Gasteiger partial charge on any atom is 0.174 e. The number of thiocarbonyl (C=S) groups is 1. The van der Waals surface area contributed by atoms with Crippen molar-refractivity contribution in [2.24, 2.45) is 0 Å². The fourth-order valence-corrected chi connectivity index (χ4v) is 5.78. The Morgan fingerprint density at radius 3 is 2.20 bits per heavy atom. The molecule has 0 saturated carbocycles. The van der Waals surface area contributed by atoms with Crippen LogP contribution in [-0.4, -0.2) is 14.7 Å². The van der Waals surface area contributed by atoms with E-state index in [9.17, 15) is 0 Å². The topological polar surface area (TPSA) is 42.3 Å². The molecule has 5 nitrogen and oxygen atoms in total. The largest absolute Gasteiger partial charge is 0.457 e. The first-order chi connectivity index (χ1) is 19.7. The third-order valence-corrected chi connectivity index (χ3v) is 7.60. The highest BCUT2D eigenvalue weighted by Crippen LogP contribution is 2.42. The second-order valence-electron chi connectivity index (χ2n) is 9.74. The summed E-state index contributed by atoms with van der Waals surface area (Å²) >= 11 is 5.96. The lowest BCUT2D eigenvalue weighted by atomic mass is 10.0. The summed E-state index contributed by atoms with van der Waals surface area (Å²) in [6.07, 6.45) is 3.95. The third kappa shape index (κ3) is 4.48. The number of hydrogen-bond donors (Lipinski definition) is 1. The molecule has 40 heavy (non-hydrogen) atoms. The average molecular weight is 539 g/mol. The number of benzene rings is 4. The lowest BCUT2D eigenvalue weighted by Gasteiger charge is -2.29. The quantitative estimate of drug-likeness (QED) is 0.218. The first-order valence-electron chi connectivity index (χ1n) is 13.2. The zero-order valence-corrected chi connectivity index (χ0v) is 22.4. The first kappa shape index (κ1) is 24.1. The summed E-state index contributed by atoms with van der Waals surface area (Å²) in [5.74, 6) is 1.57. The standard InChI is InChI=1S/C34H26N4OS/c40-34-36-32(30-13-6-7-21-35-30)33(38(34)26-17-19-29(20-18-26)39-28-11-2-1-3-12-28)31-14-8-22-37(31)27-16-15-24-9-4-5-10-25(24)23-27/h1-23,32-33H,(H,36,40)/t32-,33+/m1/s1. The van der Waals surface area contributed by atoms with E-state index < -0.39 is 0 Å². The lowest BCUT2D eigenvalue weighted by Crippen LogP contribution is -2.30. The molecule has 2 atom stereocenters. The molecule has 1 N–H and O–H groups in total. The number of anilines is 1. The van der Waals surface area contributed by atoms with Gasteiger partial charge in [0.1, 0.15) is 17.5 Å². The molecule has 1 saturated heterocycles. The van der Waals surface area contributed by atoms with Crippen LogP contribution >= 0.6 is 12.2 Å². The number of ether oxygens (including phenoxy) is 1. The molecule has 0 amide bonds. The molecule has 0 aliphatic carbocycles. The Balaban J connectivity index is 1.30. The SMILES string of the molecule is S=C1N[C@H](c2ccccn2)[C@H](c2cccn2-c2ccc3ccccc3c2)N1c1ccc(Oc2ccccc2)cc1. The van der Waals surface area contributed by atoms with Crippen LogP contribution < -0.4 is 15.0 Å². The van der Waals surface area contributed by atoms with Gasteiger partial charge in [-0.2, -0.15) is 0 Å². The summed E-state index contributed by atoms with van der Waals surface area (Å²) in [6.45, 7) is 0. The zero-order chi connectivity index (χ0) is 26.9. The minimum atomic E-state index is -0.136. The smallest absolute Gasteiger partial charge is 0.174 e. The van der Waals surface area contributed by atoms with E-state index in [1.807, 2.05) is 60.8 Å². The van der Waals surface area contributed by atoms with Gasteiger partial charge in [-0.1, -0.05) is 54.6 Å². The molecule has 4 aromatic carbocycles. The van der Waals surface area contributed by atoms with E-state index in [2.05, 4.69) is 93.8 Å². The molecule has 6 aromatic rings. The van der Waals surface area contributed by atoms with E-state index >= 15 is 0 Å². The number of rotatable bonds is 6. The fraction of sp³-hybridized carbons (Fsp3) is 0.0588. The minimum absolute atomic E-state index is 0.134. The van der Waals surface area contributed by atoms with Crippen LogP contribution in [0.5, 0.6) is 11.5 Å². The van der Waals surface area contributed by atoms with Crippen molar-refractivity contribution in [2.75, 3.05) is 4.90 Å². The van der Waals surface area contributed by atoms with Gasteiger partial charge in [-0.05, 0) is 95.8 Å². The van der Waals surface area contributed by atoms with Crippen LogP contribution in [0.1, 0.15) is 23.5 Å². The first-order valence-corrected chi connectivity index (χ1v) is 13.7. The van der Waals surface area contributed by atoms with Crippen molar-refractivity contribution >= 4 is 33.8 Å². The molecule has 0 bridgehead atoms. The van der Waals surface area contributed by atoms with E-state index in [1.54, 1.807) is 0 Å². The minimum Gasteiger partial charge on any atom is -0.457 e. The summed E-state index contributed by atoms with van der Waals surface area (Å²) in [7, 11) is 0. The van der Waals surface area contributed by atoms with Gasteiger partial charge in [0, 0.05) is 29.5 Å². The number of pyridine rings is 1. The Morgan fingerprint density at radius 2 is 1.40 bits per heavy atom. The molecule has 194 valence electrons. The van der Waals surface area contributed by atoms with Gasteiger partial charge >= 0.3 is 0 Å². The van der Waals surface area contributed by atoms with Gasteiger partial charge in [-0.3, -0.25) is 4.98 Å². The maximum absolute atomic E-state index is 6.04. The van der Waals surface area contributed by atoms with E-state index in [4.69, 9.17) is 21.9 Å². The summed E-state index contributed by atoms with van der Waals surface area (Å²) in [5.41, 5.74) is 4.13. The molecule has 0 unspecified atom stereocenters. The van der Waals surface area contributed by atoms with E-state index in [1.165, 1.54) is 10.8 Å². The van der Waals surface area contributed by atoms with Crippen molar-refractivity contribution in [2.45, 2.75) is 12.1 Å². The molecular formula is C34H26N4OS. The Bertz CT molecular complexity index is 1780. The van der Waals surface area contributed by atoms with E-state index in [0.717, 1.165) is 34.3 Å². The summed E-state index contributed by atoms with van der Waals surface area (Å²) < 4.78 is 8.30. The Hall–Kier alpha value is -4.94. The average Bonchev–Trinajstić information content (AvgIpc) is 3.63. The third-order valence-electron chi connectivity index (χ3n) is 7.29. The van der Waals surface area contributed by atoms with Crippen LogP contribution in [0.25, 0.3) is 16.5 Å². The van der Waals surface area contributed by atoms with Crippen molar-refractivity contribution < 1.29 is 4.74 Å². The summed E-state index contributed by atoms with van der Waals surface area (Å²) in [6, 6.07) is 42.9. The normalized spacial score (nSPS) is 16.7. The van der Waals surface area contributed by atoms with Crippen LogP contribution in [0.3, 0.4) is 0 Å². The van der Waals surface area contributed by atoms with Crippen LogP contribution in [0.15, 0.2) is 140 Å². The molecule has 6 heteroatoms. The molecule has 0 radical (unpaired) electrons. The highest BCUT2D eigenvalue weighted by molar-refractivity contribution is 7.80. The zero-order valence-electron chi connectivity index (χ0n) is 21.6. The van der Waals surface area contributed by atoms with Gasteiger partial charge < -0.3 is 19.5 Å². The molecular weight excluding hydrogens is 512 g/mol. The maximum atomic E-state index is 6.04. The number of para-hydroxylation sites is 1. The highest BCUT2D eigenvalue weighted by atomic mass is 32.1. The number of fused-ring (bicyclic) bond motifs is 1. The second-order valence-corrected chi connectivity index (χ2v) is 10.1. The molecule has 1 aliphatic rings. The molecule has 7 rings (SSSR count). The Kier molecular flexibility index (Phi) is 6.22. The Labute approximate surface area is 238 Å². The highest BCUT2D eigenvalue weighted by Gasteiger charge is 2.42. The monoisotopic (exact) mass is 538 g/mol. The van der Waals surface area contributed by atoms with Crippen LogP contribution in [0.4, 0.5) is 5.69 Å². The van der Waals surface area contributed by atoms with E-state index in [-0.39, 0.29) is 12.1 Å². The van der Waals surface area contributed by atoms with Crippen molar-refractivity contribution in [3.8, 4) is 17.2 Å². The van der Waals surface area contributed by atoms with Gasteiger partial charge in [-0.15, -0.1) is 0 Å². The number of aromatic nitrogens is 2. The summed E-state index contributed by atoms with van der Waals surface area (Å²) in [4.78, 5) is 6.90. The molecule has 1 fully saturated rings. The second kappa shape index (κ2) is 10.3. The molecule has 0 spiro atoms. The molecule has 1 aliphatic heterocycles. The fourth-order valence-electron chi connectivity index (χ4n) is 5.43. The van der Waals surface area contributed by atoms with Crippen LogP contribution in [-0.2, 0) is 0 Å². The number of nitrogens with one attached hydrogen (secondary N) is 1. The Morgan fingerprint density at radius 1 is 0.675 bits per heavy atom. The predicted octanol–water partition coefficient (Wildman–Crippen LogP) is 7.99.